The predicted molar refractivity (Wildman–Crippen MR) is 117 cm³/mol. The number of aryl methyl sites for hydroxylation is 1. The largest absolute Gasteiger partial charge is 0.338 e. The number of benzene rings is 1. The third-order valence-corrected chi connectivity index (χ3v) is 6.32. The van der Waals surface area contributed by atoms with Crippen LogP contribution in [0.15, 0.2) is 47.4 Å². The summed E-state index contributed by atoms with van der Waals surface area (Å²) in [7, 11) is 0. The highest BCUT2D eigenvalue weighted by atomic mass is 16.2. The van der Waals surface area contributed by atoms with Crippen LogP contribution in [-0.4, -0.2) is 43.6 Å². The standard InChI is InChI=1S/C24H27N5O2/c1-16-4-2-5-17(14-16)15-29-11-3-6-20(24(29)31)23(30)28-12-9-19(10-13-28)22-25-21(26-27-22)18-7-8-18/h2-6,11,14,18-19H,7-10,12-13,15H2,1H3,(H,25,26,27). The Bertz CT molecular complexity index is 1150. The van der Waals surface area contributed by atoms with Crippen LogP contribution in [-0.2, 0) is 6.54 Å². The quantitative estimate of drug-likeness (QED) is 0.691. The van der Waals surface area contributed by atoms with Crippen LogP contribution < -0.4 is 5.56 Å². The second-order valence-electron chi connectivity index (χ2n) is 8.76. The summed E-state index contributed by atoms with van der Waals surface area (Å²) in [4.78, 5) is 32.6. The van der Waals surface area contributed by atoms with Crippen LogP contribution in [0.1, 0.15) is 70.7 Å². The molecule has 2 aliphatic rings. The molecule has 3 heterocycles. The lowest BCUT2D eigenvalue weighted by atomic mass is 9.95. The van der Waals surface area contributed by atoms with Crippen molar-refractivity contribution >= 4 is 5.91 Å². The van der Waals surface area contributed by atoms with E-state index in [2.05, 4.69) is 21.2 Å². The maximum Gasteiger partial charge on any atom is 0.263 e. The lowest BCUT2D eigenvalue weighted by molar-refractivity contribution is 0.0708. The first-order chi connectivity index (χ1) is 15.1. The fourth-order valence-corrected chi connectivity index (χ4v) is 4.35. The van der Waals surface area contributed by atoms with E-state index >= 15 is 0 Å². The van der Waals surface area contributed by atoms with Gasteiger partial charge in [-0.2, -0.15) is 5.10 Å². The molecule has 2 fully saturated rings. The first-order valence-corrected chi connectivity index (χ1v) is 11.0. The van der Waals surface area contributed by atoms with Gasteiger partial charge in [0.1, 0.15) is 11.4 Å². The second-order valence-corrected chi connectivity index (χ2v) is 8.76. The van der Waals surface area contributed by atoms with Gasteiger partial charge in [-0.3, -0.25) is 14.7 Å². The summed E-state index contributed by atoms with van der Waals surface area (Å²) < 4.78 is 1.61. The van der Waals surface area contributed by atoms with Crippen molar-refractivity contribution < 1.29 is 4.79 Å². The van der Waals surface area contributed by atoms with Gasteiger partial charge in [0, 0.05) is 31.1 Å². The highest BCUT2D eigenvalue weighted by Crippen LogP contribution is 2.38. The Balaban J connectivity index is 1.26. The Morgan fingerprint density at radius 3 is 2.65 bits per heavy atom. The number of nitrogens with zero attached hydrogens (tertiary/aromatic N) is 4. The van der Waals surface area contributed by atoms with Gasteiger partial charge in [0.15, 0.2) is 5.82 Å². The molecular weight excluding hydrogens is 390 g/mol. The lowest BCUT2D eigenvalue weighted by Gasteiger charge is -2.31. The molecule has 0 unspecified atom stereocenters. The molecule has 3 aromatic rings. The number of likely N-dealkylation sites (tertiary alicyclic amines) is 1. The van der Waals surface area contributed by atoms with Gasteiger partial charge in [-0.25, -0.2) is 4.98 Å². The fraction of sp³-hybridized carbons (Fsp3) is 0.417. The SMILES string of the molecule is Cc1cccc(Cn2cccc(C(=O)N3CCC(c4nc(C5CC5)n[nH]4)CC3)c2=O)c1. The van der Waals surface area contributed by atoms with Crippen molar-refractivity contribution in [2.24, 2.45) is 0 Å². The van der Waals surface area contributed by atoms with E-state index in [1.165, 1.54) is 12.8 Å². The summed E-state index contributed by atoms with van der Waals surface area (Å²) in [6.07, 6.45) is 5.77. The van der Waals surface area contributed by atoms with Crippen LogP contribution in [0.3, 0.4) is 0 Å². The van der Waals surface area contributed by atoms with Gasteiger partial charge in [-0.05, 0) is 50.3 Å². The number of H-pyrrole nitrogens is 1. The van der Waals surface area contributed by atoms with E-state index in [1.807, 2.05) is 25.1 Å². The summed E-state index contributed by atoms with van der Waals surface area (Å²) >= 11 is 0. The number of aromatic amines is 1. The van der Waals surface area contributed by atoms with E-state index in [0.29, 0.717) is 25.6 Å². The van der Waals surface area contributed by atoms with Gasteiger partial charge in [0.05, 0.1) is 6.54 Å². The zero-order valence-electron chi connectivity index (χ0n) is 17.8. The first-order valence-electron chi connectivity index (χ1n) is 11.0. The maximum atomic E-state index is 13.1. The van der Waals surface area contributed by atoms with Crippen molar-refractivity contribution in [2.45, 2.75) is 51.0 Å². The van der Waals surface area contributed by atoms with Crippen LogP contribution in [0.2, 0.25) is 0 Å². The molecule has 1 amide bonds. The number of nitrogens with one attached hydrogen (secondary N) is 1. The Hall–Kier alpha value is -3.22. The molecule has 1 saturated heterocycles. The third-order valence-electron chi connectivity index (χ3n) is 6.32. The molecule has 1 aliphatic heterocycles. The molecule has 1 aromatic carbocycles. The second kappa shape index (κ2) is 8.13. The van der Waals surface area contributed by atoms with Gasteiger partial charge in [-0.15, -0.1) is 0 Å². The highest BCUT2D eigenvalue weighted by molar-refractivity contribution is 5.93. The molecule has 1 saturated carbocycles. The van der Waals surface area contributed by atoms with E-state index in [0.717, 1.165) is 35.6 Å². The van der Waals surface area contributed by atoms with E-state index < -0.39 is 0 Å². The predicted octanol–water partition coefficient (Wildman–Crippen LogP) is 3.22. The van der Waals surface area contributed by atoms with E-state index in [1.54, 1.807) is 27.8 Å². The van der Waals surface area contributed by atoms with Crippen LogP contribution in [0, 0.1) is 6.92 Å². The van der Waals surface area contributed by atoms with Crippen molar-refractivity contribution in [3.8, 4) is 0 Å². The topological polar surface area (TPSA) is 83.9 Å². The molecular formula is C24H27N5O2. The number of carbonyl (C=O) groups excluding carboxylic acids is 1. The smallest absolute Gasteiger partial charge is 0.263 e. The summed E-state index contributed by atoms with van der Waals surface area (Å²) in [5.41, 5.74) is 2.20. The van der Waals surface area contributed by atoms with E-state index in [-0.39, 0.29) is 22.9 Å². The van der Waals surface area contributed by atoms with Gasteiger partial charge in [0.2, 0.25) is 0 Å². The molecule has 2 aromatic heterocycles. The summed E-state index contributed by atoms with van der Waals surface area (Å²) in [5.74, 6) is 2.52. The van der Waals surface area contributed by atoms with Crippen LogP contribution in [0.5, 0.6) is 0 Å². The number of amides is 1. The Kier molecular flexibility index (Phi) is 5.18. The lowest BCUT2D eigenvalue weighted by Crippen LogP contribution is -2.41. The zero-order chi connectivity index (χ0) is 21.4. The molecule has 7 heteroatoms. The molecule has 0 radical (unpaired) electrons. The summed E-state index contributed by atoms with van der Waals surface area (Å²) in [6.45, 7) is 3.73. The zero-order valence-corrected chi connectivity index (χ0v) is 17.8. The third kappa shape index (κ3) is 4.17. The van der Waals surface area contributed by atoms with Crippen molar-refractivity contribution in [2.75, 3.05) is 13.1 Å². The number of hydrogen-bond donors (Lipinski definition) is 1. The average Bonchev–Trinajstić information content (AvgIpc) is 3.51. The van der Waals surface area contributed by atoms with Gasteiger partial charge in [0.25, 0.3) is 11.5 Å². The normalized spacial score (nSPS) is 17.1. The molecule has 0 spiro atoms. The van der Waals surface area contributed by atoms with E-state index in [9.17, 15) is 9.59 Å². The van der Waals surface area contributed by atoms with Crippen LogP contribution in [0.4, 0.5) is 0 Å². The maximum absolute atomic E-state index is 13.1. The Labute approximate surface area is 181 Å². The number of carbonyl (C=O) groups is 1. The first kappa shape index (κ1) is 19.7. The number of hydrogen-bond acceptors (Lipinski definition) is 4. The van der Waals surface area contributed by atoms with E-state index in [4.69, 9.17) is 0 Å². The minimum Gasteiger partial charge on any atom is -0.338 e. The molecule has 0 bridgehead atoms. The van der Waals surface area contributed by atoms with Crippen molar-refractivity contribution in [3.63, 3.8) is 0 Å². The molecule has 1 N–H and O–H groups in total. The number of pyridine rings is 1. The molecule has 7 nitrogen and oxygen atoms in total. The van der Waals surface area contributed by atoms with Crippen molar-refractivity contribution in [3.05, 3.63) is 81.3 Å². The van der Waals surface area contributed by atoms with Gasteiger partial charge >= 0.3 is 0 Å². The van der Waals surface area contributed by atoms with Crippen LogP contribution >= 0.6 is 0 Å². The molecule has 160 valence electrons. The Morgan fingerprint density at radius 1 is 1.10 bits per heavy atom. The fourth-order valence-electron chi connectivity index (χ4n) is 4.35. The summed E-state index contributed by atoms with van der Waals surface area (Å²) in [6, 6.07) is 11.5. The highest BCUT2D eigenvalue weighted by Gasteiger charge is 2.31. The molecule has 31 heavy (non-hydrogen) atoms. The minimum absolute atomic E-state index is 0.182. The van der Waals surface area contributed by atoms with Gasteiger partial charge < -0.3 is 9.47 Å². The molecule has 0 atom stereocenters. The molecule has 5 rings (SSSR count). The minimum atomic E-state index is -0.236. The number of piperidine rings is 1. The number of rotatable bonds is 5. The van der Waals surface area contributed by atoms with Crippen LogP contribution in [0.25, 0.3) is 0 Å². The van der Waals surface area contributed by atoms with Gasteiger partial charge in [-0.1, -0.05) is 29.8 Å². The van der Waals surface area contributed by atoms with Crippen molar-refractivity contribution in [1.82, 2.24) is 24.6 Å². The summed E-state index contributed by atoms with van der Waals surface area (Å²) in [5, 5.41) is 7.45. The Morgan fingerprint density at radius 2 is 1.90 bits per heavy atom. The average molecular weight is 418 g/mol. The molecule has 1 aliphatic carbocycles. The number of aromatic nitrogens is 4. The monoisotopic (exact) mass is 417 g/mol. The van der Waals surface area contributed by atoms with Crippen molar-refractivity contribution in [1.29, 1.82) is 0 Å².